The molecule has 0 spiro atoms. The summed E-state index contributed by atoms with van der Waals surface area (Å²) >= 11 is 6.00. The van der Waals surface area contributed by atoms with Crippen molar-refractivity contribution in [3.05, 3.63) is 61.4 Å². The average molecular weight is 414 g/mol. The molecule has 0 amide bonds. The number of aliphatic hydroxyl groups is 1. The van der Waals surface area contributed by atoms with E-state index in [-0.39, 0.29) is 40.0 Å². The summed E-state index contributed by atoms with van der Waals surface area (Å²) in [7, 11) is 1.52. The van der Waals surface area contributed by atoms with Gasteiger partial charge in [-0.05, 0) is 23.1 Å². The Balaban J connectivity index is 2.15. The summed E-state index contributed by atoms with van der Waals surface area (Å²) in [5, 5.41) is 11.5. The molecule has 0 atom stereocenters. The van der Waals surface area contributed by atoms with Crippen molar-refractivity contribution in [2.75, 3.05) is 0 Å². The Morgan fingerprint density at radius 3 is 2.34 bits per heavy atom. The number of allylic oxidation sites excluding steroid dienone is 2. The molecule has 0 aliphatic heterocycles. The number of nitrogens with one attached hydrogen (secondary N) is 2. The van der Waals surface area contributed by atoms with Crippen molar-refractivity contribution in [1.82, 2.24) is 14.5 Å². The maximum Gasteiger partial charge on any atom is 0.329 e. The maximum absolute atomic E-state index is 13.0. The fraction of sp³-hybridized carbons (Fsp3) is 0.286. The first-order valence-electron chi connectivity index (χ1n) is 9.15. The Labute approximate surface area is 170 Å². The smallest absolute Gasteiger partial charge is 0.329 e. The molecule has 0 saturated carbocycles. The Morgan fingerprint density at radius 1 is 1.07 bits per heavy atom. The topological polar surface area (TPSA) is 108 Å². The normalized spacial score (nSPS) is 16.6. The third-order valence-electron chi connectivity index (χ3n) is 5.30. The molecule has 7 nitrogen and oxygen atoms in total. The van der Waals surface area contributed by atoms with Crippen LogP contribution in [-0.4, -0.2) is 25.4 Å². The number of rotatable bonds is 2. The van der Waals surface area contributed by atoms with E-state index in [1.54, 1.807) is 24.3 Å². The molecule has 1 aliphatic carbocycles. The van der Waals surface area contributed by atoms with Crippen molar-refractivity contribution >= 4 is 34.0 Å². The zero-order valence-electron chi connectivity index (χ0n) is 16.2. The lowest BCUT2D eigenvalue weighted by molar-refractivity contribution is -0.116. The highest BCUT2D eigenvalue weighted by molar-refractivity contribution is 6.30. The number of nitrogens with zero attached hydrogens (tertiary/aromatic N) is 1. The first-order valence-corrected chi connectivity index (χ1v) is 9.53. The SMILES string of the molecule is Cn1c(=O)[nH]c(=O)c2c(C3=C(O)CC(C)(C)CC3=O)c(-c3ccc(Cl)cc3)[nH]c21. The number of aliphatic hydroxyl groups excluding tert-OH is 1. The van der Waals surface area contributed by atoms with Gasteiger partial charge in [-0.15, -0.1) is 0 Å². The molecule has 0 fully saturated rings. The monoisotopic (exact) mass is 413 g/mol. The molecule has 0 saturated heterocycles. The van der Waals surface area contributed by atoms with Crippen LogP contribution < -0.4 is 11.2 Å². The van der Waals surface area contributed by atoms with E-state index in [1.165, 1.54) is 11.6 Å². The Bertz CT molecular complexity index is 1310. The van der Waals surface area contributed by atoms with E-state index < -0.39 is 11.2 Å². The Hall–Kier alpha value is -3.06. The van der Waals surface area contributed by atoms with Crippen molar-refractivity contribution in [2.45, 2.75) is 26.7 Å². The summed E-state index contributed by atoms with van der Waals surface area (Å²) in [6.45, 7) is 3.81. The van der Waals surface area contributed by atoms with Gasteiger partial charge in [-0.25, -0.2) is 4.79 Å². The lowest BCUT2D eigenvalue weighted by atomic mass is 9.74. The number of aryl methyl sites for hydroxylation is 1. The van der Waals surface area contributed by atoms with Gasteiger partial charge in [-0.3, -0.25) is 19.1 Å². The summed E-state index contributed by atoms with van der Waals surface area (Å²) in [4.78, 5) is 43.2. The van der Waals surface area contributed by atoms with Crippen LogP contribution in [0.25, 0.3) is 27.9 Å². The van der Waals surface area contributed by atoms with Crippen LogP contribution in [0.3, 0.4) is 0 Å². The number of hydrogen-bond donors (Lipinski definition) is 3. The number of H-pyrrole nitrogens is 2. The quantitative estimate of drug-likeness (QED) is 0.597. The van der Waals surface area contributed by atoms with Gasteiger partial charge in [0.05, 0.1) is 16.7 Å². The van der Waals surface area contributed by atoms with Crippen molar-refractivity contribution in [2.24, 2.45) is 12.5 Å². The zero-order valence-corrected chi connectivity index (χ0v) is 17.0. The van der Waals surface area contributed by atoms with Crippen LogP contribution in [0.15, 0.2) is 39.6 Å². The zero-order chi connectivity index (χ0) is 21.1. The van der Waals surface area contributed by atoms with E-state index in [1.807, 2.05) is 13.8 Å². The summed E-state index contributed by atoms with van der Waals surface area (Å²) < 4.78 is 1.27. The summed E-state index contributed by atoms with van der Waals surface area (Å²) in [5.74, 6) is -0.307. The number of carbonyl (C=O) groups excluding carboxylic acids is 1. The van der Waals surface area contributed by atoms with Crippen LogP contribution in [0, 0.1) is 5.41 Å². The van der Waals surface area contributed by atoms with Gasteiger partial charge in [0.2, 0.25) is 0 Å². The van der Waals surface area contributed by atoms with E-state index >= 15 is 0 Å². The summed E-state index contributed by atoms with van der Waals surface area (Å²) in [5.41, 5.74) is 0.262. The highest BCUT2D eigenvalue weighted by Crippen LogP contribution is 2.43. The fourth-order valence-electron chi connectivity index (χ4n) is 3.96. The number of hydrogen-bond acceptors (Lipinski definition) is 4. The lowest BCUT2D eigenvalue weighted by Crippen LogP contribution is -2.29. The minimum Gasteiger partial charge on any atom is -0.512 e. The first-order chi connectivity index (χ1) is 13.6. The van der Waals surface area contributed by atoms with Crippen LogP contribution >= 0.6 is 11.6 Å². The van der Waals surface area contributed by atoms with E-state index in [0.29, 0.717) is 28.3 Å². The molecule has 0 radical (unpaired) electrons. The molecule has 4 rings (SSSR count). The molecular formula is C21H20ClN3O4. The largest absolute Gasteiger partial charge is 0.512 e. The molecule has 2 aromatic heterocycles. The second-order valence-corrected chi connectivity index (χ2v) is 8.62. The maximum atomic E-state index is 13.0. The average Bonchev–Trinajstić information content (AvgIpc) is 2.99. The van der Waals surface area contributed by atoms with E-state index in [4.69, 9.17) is 11.6 Å². The predicted octanol–water partition coefficient (Wildman–Crippen LogP) is 3.53. The molecule has 0 bridgehead atoms. The summed E-state index contributed by atoms with van der Waals surface area (Å²) in [6.07, 6.45) is 0.549. The number of benzene rings is 1. The molecule has 3 N–H and O–H groups in total. The van der Waals surface area contributed by atoms with Crippen LogP contribution in [0.1, 0.15) is 32.3 Å². The summed E-state index contributed by atoms with van der Waals surface area (Å²) in [6, 6.07) is 6.88. The van der Waals surface area contributed by atoms with Crippen LogP contribution in [0.4, 0.5) is 0 Å². The predicted molar refractivity (Wildman–Crippen MR) is 112 cm³/mol. The number of carbonyl (C=O) groups is 1. The molecule has 2 heterocycles. The highest BCUT2D eigenvalue weighted by Gasteiger charge is 2.36. The van der Waals surface area contributed by atoms with Gasteiger partial charge < -0.3 is 10.1 Å². The third-order valence-corrected chi connectivity index (χ3v) is 5.56. The molecule has 1 aromatic carbocycles. The standard InChI is InChI=1S/C21H20ClN3O4/c1-21(2)8-12(26)14(13(27)9-21)15-16-18(25(3)20(29)24-19(16)28)23-17(15)10-4-6-11(22)7-5-10/h4-7,23,26H,8-9H2,1-3H3,(H,24,28,29). The molecular weight excluding hydrogens is 394 g/mol. The first kappa shape index (κ1) is 19.3. The lowest BCUT2D eigenvalue weighted by Gasteiger charge is -2.29. The second-order valence-electron chi connectivity index (χ2n) is 8.19. The number of aromatic nitrogens is 3. The minimum atomic E-state index is -0.618. The van der Waals surface area contributed by atoms with E-state index in [0.717, 1.165) is 0 Å². The van der Waals surface area contributed by atoms with Gasteiger partial charge in [-0.1, -0.05) is 37.6 Å². The number of Topliss-reactive ketones (excluding diaryl/α,β-unsaturated/α-hetero) is 1. The van der Waals surface area contributed by atoms with Gasteiger partial charge in [0.25, 0.3) is 5.56 Å². The molecule has 3 aromatic rings. The van der Waals surface area contributed by atoms with Gasteiger partial charge in [0, 0.05) is 30.5 Å². The Kier molecular flexibility index (Phi) is 4.31. The minimum absolute atomic E-state index is 0.0596. The van der Waals surface area contributed by atoms with Gasteiger partial charge in [0.1, 0.15) is 11.4 Å². The van der Waals surface area contributed by atoms with Crippen LogP contribution in [0.2, 0.25) is 5.02 Å². The van der Waals surface area contributed by atoms with E-state index in [2.05, 4.69) is 9.97 Å². The fourth-order valence-corrected chi connectivity index (χ4v) is 4.09. The van der Waals surface area contributed by atoms with Crippen molar-refractivity contribution in [3.8, 4) is 11.3 Å². The van der Waals surface area contributed by atoms with E-state index in [9.17, 15) is 19.5 Å². The van der Waals surface area contributed by atoms with Crippen molar-refractivity contribution < 1.29 is 9.90 Å². The molecule has 0 unspecified atom stereocenters. The number of aromatic amines is 2. The number of ketones is 1. The van der Waals surface area contributed by atoms with Crippen molar-refractivity contribution in [1.29, 1.82) is 0 Å². The molecule has 150 valence electrons. The van der Waals surface area contributed by atoms with Gasteiger partial charge in [0.15, 0.2) is 5.78 Å². The molecule has 8 heteroatoms. The Morgan fingerprint density at radius 2 is 1.72 bits per heavy atom. The number of halogens is 1. The second kappa shape index (κ2) is 6.49. The van der Waals surface area contributed by atoms with Crippen molar-refractivity contribution in [3.63, 3.8) is 0 Å². The molecule has 1 aliphatic rings. The van der Waals surface area contributed by atoms with Crippen LogP contribution in [0.5, 0.6) is 0 Å². The van der Waals surface area contributed by atoms with Gasteiger partial charge in [-0.2, -0.15) is 0 Å². The third kappa shape index (κ3) is 3.11. The molecule has 29 heavy (non-hydrogen) atoms. The van der Waals surface area contributed by atoms with Crippen LogP contribution in [-0.2, 0) is 11.8 Å². The number of fused-ring (bicyclic) bond motifs is 1. The van der Waals surface area contributed by atoms with Gasteiger partial charge >= 0.3 is 5.69 Å². The highest BCUT2D eigenvalue weighted by atomic mass is 35.5.